The molecule has 1 aliphatic rings. The summed E-state index contributed by atoms with van der Waals surface area (Å²) in [5.74, 6) is 0. The van der Waals surface area contributed by atoms with Gasteiger partial charge in [-0.2, -0.15) is 0 Å². The Balaban J connectivity index is 2.27. The molecule has 1 aromatic carbocycles. The number of aliphatic hydroxyl groups excluding tert-OH is 1. The number of nitrogens with two attached hydrogens (primary N) is 1. The molecule has 100 valence electrons. The molecule has 0 atom stereocenters. The first-order valence-corrected chi connectivity index (χ1v) is 6.95. The SMILES string of the molecule is Nc1cc(Cl)c(NC2(CO)CCCCC2)c(Cl)c1. The number of hydrogen-bond acceptors (Lipinski definition) is 3. The van der Waals surface area contributed by atoms with Crippen molar-refractivity contribution in [2.45, 2.75) is 37.6 Å². The van der Waals surface area contributed by atoms with E-state index in [9.17, 15) is 5.11 Å². The average molecular weight is 289 g/mol. The second kappa shape index (κ2) is 5.55. The van der Waals surface area contributed by atoms with Crippen molar-refractivity contribution in [3.8, 4) is 0 Å². The molecule has 1 saturated carbocycles. The molecule has 0 spiro atoms. The van der Waals surface area contributed by atoms with Crippen LogP contribution in [0.1, 0.15) is 32.1 Å². The molecule has 0 unspecified atom stereocenters. The molecule has 18 heavy (non-hydrogen) atoms. The zero-order valence-corrected chi connectivity index (χ0v) is 11.7. The fourth-order valence-corrected chi connectivity index (χ4v) is 3.13. The number of nitrogen functional groups attached to an aromatic ring is 1. The van der Waals surface area contributed by atoms with Gasteiger partial charge in [-0.15, -0.1) is 0 Å². The van der Waals surface area contributed by atoms with Gasteiger partial charge in [-0.1, -0.05) is 42.5 Å². The van der Waals surface area contributed by atoms with Crippen molar-refractivity contribution in [3.05, 3.63) is 22.2 Å². The van der Waals surface area contributed by atoms with Gasteiger partial charge in [0.15, 0.2) is 0 Å². The summed E-state index contributed by atoms with van der Waals surface area (Å²) in [7, 11) is 0. The highest BCUT2D eigenvalue weighted by atomic mass is 35.5. The number of benzene rings is 1. The second-order valence-corrected chi connectivity index (χ2v) is 5.80. The minimum atomic E-state index is -0.304. The van der Waals surface area contributed by atoms with Gasteiger partial charge in [0, 0.05) is 5.69 Å². The number of hydrogen-bond donors (Lipinski definition) is 3. The van der Waals surface area contributed by atoms with Crippen LogP contribution < -0.4 is 11.1 Å². The van der Waals surface area contributed by atoms with Gasteiger partial charge in [-0.3, -0.25) is 0 Å². The number of aliphatic hydroxyl groups is 1. The maximum Gasteiger partial charge on any atom is 0.0725 e. The molecule has 5 heteroatoms. The van der Waals surface area contributed by atoms with Gasteiger partial charge < -0.3 is 16.2 Å². The van der Waals surface area contributed by atoms with Gasteiger partial charge >= 0.3 is 0 Å². The molecule has 0 radical (unpaired) electrons. The predicted octanol–water partition coefficient (Wildman–Crippen LogP) is 3.68. The summed E-state index contributed by atoms with van der Waals surface area (Å²) >= 11 is 12.3. The van der Waals surface area contributed by atoms with Crippen molar-refractivity contribution >= 4 is 34.6 Å². The van der Waals surface area contributed by atoms with Crippen LogP contribution in [-0.4, -0.2) is 17.3 Å². The smallest absolute Gasteiger partial charge is 0.0725 e. The minimum absolute atomic E-state index is 0.0873. The van der Waals surface area contributed by atoms with E-state index >= 15 is 0 Å². The molecular weight excluding hydrogens is 271 g/mol. The van der Waals surface area contributed by atoms with Gasteiger partial charge in [-0.25, -0.2) is 0 Å². The lowest BCUT2D eigenvalue weighted by Crippen LogP contribution is -2.44. The molecule has 1 aromatic rings. The van der Waals surface area contributed by atoms with E-state index in [0.29, 0.717) is 21.4 Å². The number of rotatable bonds is 3. The highest BCUT2D eigenvalue weighted by Gasteiger charge is 2.32. The quantitative estimate of drug-likeness (QED) is 0.744. The van der Waals surface area contributed by atoms with Gasteiger partial charge in [0.1, 0.15) is 0 Å². The zero-order chi connectivity index (χ0) is 13.2. The molecule has 1 fully saturated rings. The maximum absolute atomic E-state index is 9.67. The van der Waals surface area contributed by atoms with Crippen LogP contribution in [0.15, 0.2) is 12.1 Å². The van der Waals surface area contributed by atoms with Crippen LogP contribution in [0.25, 0.3) is 0 Å². The predicted molar refractivity (Wildman–Crippen MR) is 77.4 cm³/mol. The minimum Gasteiger partial charge on any atom is -0.399 e. The standard InChI is InChI=1S/C13H18Cl2N2O/c14-10-6-9(16)7-11(15)12(10)17-13(8-18)4-2-1-3-5-13/h6-7,17-18H,1-5,8,16H2. The molecule has 2 rings (SSSR count). The van der Waals surface area contributed by atoms with E-state index in [0.717, 1.165) is 25.7 Å². The van der Waals surface area contributed by atoms with E-state index in [4.69, 9.17) is 28.9 Å². The van der Waals surface area contributed by atoms with Crippen LogP contribution in [0.3, 0.4) is 0 Å². The molecule has 1 aliphatic carbocycles. The molecule has 0 aromatic heterocycles. The Labute approximate surface area is 117 Å². The van der Waals surface area contributed by atoms with Gasteiger partial charge in [0.2, 0.25) is 0 Å². The topological polar surface area (TPSA) is 58.3 Å². The van der Waals surface area contributed by atoms with Crippen molar-refractivity contribution in [3.63, 3.8) is 0 Å². The fourth-order valence-electron chi connectivity index (χ4n) is 2.53. The molecule has 0 bridgehead atoms. The normalized spacial score (nSPS) is 18.6. The van der Waals surface area contributed by atoms with Crippen LogP contribution in [0.4, 0.5) is 11.4 Å². The van der Waals surface area contributed by atoms with Crippen LogP contribution in [0.5, 0.6) is 0 Å². The molecule has 0 saturated heterocycles. The number of halogens is 2. The monoisotopic (exact) mass is 288 g/mol. The summed E-state index contributed by atoms with van der Waals surface area (Å²) in [5.41, 5.74) is 6.59. The molecule has 0 amide bonds. The first kappa shape index (κ1) is 13.8. The highest BCUT2D eigenvalue weighted by Crippen LogP contribution is 2.38. The Morgan fingerprint density at radius 2 is 1.72 bits per heavy atom. The summed E-state index contributed by atoms with van der Waals surface area (Å²) in [6, 6.07) is 3.34. The molecule has 4 N–H and O–H groups in total. The highest BCUT2D eigenvalue weighted by molar-refractivity contribution is 6.39. The first-order valence-electron chi connectivity index (χ1n) is 6.20. The molecular formula is C13H18Cl2N2O. The third kappa shape index (κ3) is 2.85. The van der Waals surface area contributed by atoms with Crippen molar-refractivity contribution in [2.75, 3.05) is 17.7 Å². The Bertz CT molecular complexity index is 408. The van der Waals surface area contributed by atoms with Crippen LogP contribution >= 0.6 is 23.2 Å². The van der Waals surface area contributed by atoms with E-state index in [-0.39, 0.29) is 12.1 Å². The second-order valence-electron chi connectivity index (χ2n) is 4.98. The van der Waals surface area contributed by atoms with Crippen LogP contribution in [0, 0.1) is 0 Å². The summed E-state index contributed by atoms with van der Waals surface area (Å²) in [5, 5.41) is 14.0. The lowest BCUT2D eigenvalue weighted by molar-refractivity contribution is 0.173. The van der Waals surface area contributed by atoms with E-state index in [1.165, 1.54) is 6.42 Å². The molecule has 0 aliphatic heterocycles. The Morgan fingerprint density at radius 1 is 1.17 bits per heavy atom. The Hall–Kier alpha value is -0.640. The third-order valence-electron chi connectivity index (χ3n) is 3.57. The summed E-state index contributed by atoms with van der Waals surface area (Å²) < 4.78 is 0. The van der Waals surface area contributed by atoms with Crippen LogP contribution in [-0.2, 0) is 0 Å². The largest absolute Gasteiger partial charge is 0.399 e. The summed E-state index contributed by atoms with van der Waals surface area (Å²) in [6.45, 7) is 0.0873. The van der Waals surface area contributed by atoms with Crippen molar-refractivity contribution < 1.29 is 5.11 Å². The zero-order valence-electron chi connectivity index (χ0n) is 10.2. The summed E-state index contributed by atoms with van der Waals surface area (Å²) in [6.07, 6.45) is 5.29. The average Bonchev–Trinajstić information content (AvgIpc) is 2.35. The third-order valence-corrected chi connectivity index (χ3v) is 4.16. The Morgan fingerprint density at radius 3 is 2.22 bits per heavy atom. The first-order chi connectivity index (χ1) is 8.56. The summed E-state index contributed by atoms with van der Waals surface area (Å²) in [4.78, 5) is 0. The van der Waals surface area contributed by atoms with Gasteiger partial charge in [0.05, 0.1) is 27.9 Å². The maximum atomic E-state index is 9.67. The van der Waals surface area contributed by atoms with E-state index < -0.39 is 0 Å². The van der Waals surface area contributed by atoms with Crippen LogP contribution in [0.2, 0.25) is 10.0 Å². The molecule has 0 heterocycles. The number of anilines is 2. The van der Waals surface area contributed by atoms with Crippen molar-refractivity contribution in [1.82, 2.24) is 0 Å². The lowest BCUT2D eigenvalue weighted by atomic mass is 9.82. The fraction of sp³-hybridized carbons (Fsp3) is 0.538. The number of nitrogens with one attached hydrogen (secondary N) is 1. The van der Waals surface area contributed by atoms with Crippen molar-refractivity contribution in [1.29, 1.82) is 0 Å². The van der Waals surface area contributed by atoms with Gasteiger partial charge in [0.25, 0.3) is 0 Å². The van der Waals surface area contributed by atoms with E-state index in [1.807, 2.05) is 0 Å². The Kier molecular flexibility index (Phi) is 4.25. The van der Waals surface area contributed by atoms with Gasteiger partial charge in [-0.05, 0) is 25.0 Å². The van der Waals surface area contributed by atoms with E-state index in [1.54, 1.807) is 12.1 Å². The van der Waals surface area contributed by atoms with E-state index in [2.05, 4.69) is 5.32 Å². The lowest BCUT2D eigenvalue weighted by Gasteiger charge is -2.38. The molecule has 3 nitrogen and oxygen atoms in total. The van der Waals surface area contributed by atoms with Crippen molar-refractivity contribution in [2.24, 2.45) is 0 Å².